The lowest BCUT2D eigenvalue weighted by molar-refractivity contribution is -0.145. The number of carbonyl (C=O) groups is 1. The third-order valence-electron chi connectivity index (χ3n) is 5.91. The van der Waals surface area contributed by atoms with Crippen molar-refractivity contribution in [2.75, 3.05) is 18.9 Å². The van der Waals surface area contributed by atoms with E-state index in [0.29, 0.717) is 47.5 Å². The highest BCUT2D eigenvalue weighted by molar-refractivity contribution is 7.45. The predicted octanol–water partition coefficient (Wildman–Crippen LogP) is 4.99. The van der Waals surface area contributed by atoms with Gasteiger partial charge in [0.05, 0.1) is 19.5 Å². The molecular formula is C25H34ClN6O6P. The van der Waals surface area contributed by atoms with Gasteiger partial charge in [0.1, 0.15) is 18.0 Å². The summed E-state index contributed by atoms with van der Waals surface area (Å²) >= 11 is 6.02. The molecule has 5 unspecified atom stereocenters. The van der Waals surface area contributed by atoms with Crippen LogP contribution in [0.4, 0.5) is 5.95 Å². The highest BCUT2D eigenvalue weighted by Gasteiger charge is 2.38. The van der Waals surface area contributed by atoms with Crippen molar-refractivity contribution in [3.63, 3.8) is 0 Å². The number of carbonyl (C=O) groups excluding carboxylic acids is 1. The first-order valence-corrected chi connectivity index (χ1v) is 14.5. The molecule has 0 spiro atoms. The number of nitrogens with one attached hydrogen (secondary N) is 1. The van der Waals surface area contributed by atoms with E-state index < -0.39 is 27.1 Å². The third kappa shape index (κ3) is 7.46. The normalized spacial score (nSPS) is 20.6. The minimum atomic E-state index is -1.80. The van der Waals surface area contributed by atoms with Crippen LogP contribution in [0.5, 0.6) is 11.6 Å². The van der Waals surface area contributed by atoms with Crippen LogP contribution in [0, 0.1) is 5.92 Å². The molecule has 3 heterocycles. The van der Waals surface area contributed by atoms with E-state index in [9.17, 15) is 4.79 Å². The van der Waals surface area contributed by atoms with Crippen LogP contribution in [0.3, 0.4) is 0 Å². The number of nitrogen functional groups attached to an aromatic ring is 1. The molecule has 1 fully saturated rings. The highest BCUT2D eigenvalue weighted by Crippen LogP contribution is 2.44. The first-order chi connectivity index (χ1) is 18.8. The maximum Gasteiger partial charge on any atom is 0.323 e. The molecule has 0 amide bonds. The predicted molar refractivity (Wildman–Crippen MR) is 147 cm³/mol. The second-order valence-electron chi connectivity index (χ2n) is 9.09. The van der Waals surface area contributed by atoms with Gasteiger partial charge in [-0.05, 0) is 44.5 Å². The largest absolute Gasteiger partial charge is 0.476 e. The van der Waals surface area contributed by atoms with Crippen molar-refractivity contribution in [3.8, 4) is 11.6 Å². The number of halogens is 1. The van der Waals surface area contributed by atoms with E-state index in [0.717, 1.165) is 12.8 Å². The number of anilines is 1. The van der Waals surface area contributed by atoms with Crippen LogP contribution in [0.1, 0.15) is 53.2 Å². The van der Waals surface area contributed by atoms with Gasteiger partial charge in [-0.1, -0.05) is 31.9 Å². The van der Waals surface area contributed by atoms with E-state index in [1.165, 1.54) is 0 Å². The lowest BCUT2D eigenvalue weighted by Gasteiger charge is -2.24. The minimum Gasteiger partial charge on any atom is -0.476 e. The molecule has 2 aromatic heterocycles. The maximum absolute atomic E-state index is 12.5. The molecule has 4 rings (SSSR count). The Morgan fingerprint density at radius 3 is 2.79 bits per heavy atom. The van der Waals surface area contributed by atoms with E-state index in [1.54, 1.807) is 42.1 Å². The molecule has 14 heteroatoms. The van der Waals surface area contributed by atoms with Crippen molar-refractivity contribution in [3.05, 3.63) is 35.6 Å². The molecule has 3 aromatic rings. The van der Waals surface area contributed by atoms with Gasteiger partial charge in [-0.25, -0.2) is 10.1 Å². The maximum atomic E-state index is 12.5. The lowest BCUT2D eigenvalue weighted by atomic mass is 10.1. The van der Waals surface area contributed by atoms with Gasteiger partial charge in [-0.3, -0.25) is 13.9 Å². The van der Waals surface area contributed by atoms with Gasteiger partial charge in [0, 0.05) is 17.4 Å². The van der Waals surface area contributed by atoms with Gasteiger partial charge < -0.3 is 24.5 Å². The SMILES string of the molecule is CCCCOC(=O)C(C)NP(Oc1ccc(Cl)cc1)OC1CC(C)C(n2cnc3c(OCC)nc(N)nc32)O1. The fourth-order valence-corrected chi connectivity index (χ4v) is 5.30. The second kappa shape index (κ2) is 13.5. The summed E-state index contributed by atoms with van der Waals surface area (Å²) in [5, 5.41) is 3.69. The molecule has 1 saturated heterocycles. The summed E-state index contributed by atoms with van der Waals surface area (Å²) in [6.07, 6.45) is 2.84. The van der Waals surface area contributed by atoms with Crippen molar-refractivity contribution in [2.45, 2.75) is 65.5 Å². The van der Waals surface area contributed by atoms with Gasteiger partial charge >= 0.3 is 14.5 Å². The Hall–Kier alpha value is -2.76. The van der Waals surface area contributed by atoms with Gasteiger partial charge in [-0.15, -0.1) is 0 Å². The summed E-state index contributed by atoms with van der Waals surface area (Å²) < 4.78 is 31.3. The number of nitrogens with zero attached hydrogens (tertiary/aromatic N) is 4. The Labute approximate surface area is 233 Å². The number of unbranched alkanes of at least 4 members (excludes halogenated alkanes) is 1. The molecule has 1 aromatic carbocycles. The van der Waals surface area contributed by atoms with Gasteiger partial charge in [0.25, 0.3) is 0 Å². The standard InChI is InChI=1S/C25H34ClN6O6P/c1-5-7-12-35-24(33)16(4)31-39(37-18-10-8-17(26)9-11-18)38-19-13-15(3)23(36-19)32-14-28-20-21(32)29-25(27)30-22(20)34-6-2/h8-11,14-16,19,23,31H,5-7,12-13H2,1-4H3,(H2,27,29,30). The number of benzene rings is 1. The average Bonchev–Trinajstić information content (AvgIpc) is 3.48. The number of imidazole rings is 1. The van der Waals surface area contributed by atoms with Gasteiger partial charge in [0.15, 0.2) is 17.5 Å². The number of esters is 1. The number of hydrogen-bond acceptors (Lipinski definition) is 11. The van der Waals surface area contributed by atoms with Crippen LogP contribution < -0.4 is 20.1 Å². The zero-order chi connectivity index (χ0) is 27.9. The van der Waals surface area contributed by atoms with E-state index in [1.807, 2.05) is 20.8 Å². The van der Waals surface area contributed by atoms with Gasteiger partial charge in [0.2, 0.25) is 11.8 Å². The number of fused-ring (bicyclic) bond motifs is 1. The number of hydrogen-bond donors (Lipinski definition) is 2. The quantitative estimate of drug-likeness (QED) is 0.160. The zero-order valence-electron chi connectivity index (χ0n) is 22.4. The Kier molecular flexibility index (Phi) is 10.1. The summed E-state index contributed by atoms with van der Waals surface area (Å²) in [4.78, 5) is 25.4. The zero-order valence-corrected chi connectivity index (χ0v) is 24.0. The summed E-state index contributed by atoms with van der Waals surface area (Å²) in [7, 11) is -1.80. The monoisotopic (exact) mass is 580 g/mol. The molecule has 1 aliphatic heterocycles. The Balaban J connectivity index is 1.49. The first-order valence-electron chi connectivity index (χ1n) is 12.9. The van der Waals surface area contributed by atoms with E-state index in [-0.39, 0.29) is 17.8 Å². The molecule has 212 valence electrons. The summed E-state index contributed by atoms with van der Waals surface area (Å²) in [6, 6.07) is 6.22. The Morgan fingerprint density at radius 2 is 2.08 bits per heavy atom. The summed E-state index contributed by atoms with van der Waals surface area (Å²) in [5.74, 6) is 0.576. The fraction of sp³-hybridized carbons (Fsp3) is 0.520. The minimum absolute atomic E-state index is 0.0305. The third-order valence-corrected chi connectivity index (χ3v) is 7.57. The molecule has 3 N–H and O–H groups in total. The van der Waals surface area contributed by atoms with Crippen molar-refractivity contribution >= 4 is 43.2 Å². The molecule has 0 aliphatic carbocycles. The summed E-state index contributed by atoms with van der Waals surface area (Å²) in [6.45, 7) is 8.41. The summed E-state index contributed by atoms with van der Waals surface area (Å²) in [5.41, 5.74) is 6.93. The average molecular weight is 581 g/mol. The number of rotatable bonds is 13. The smallest absolute Gasteiger partial charge is 0.323 e. The molecule has 12 nitrogen and oxygen atoms in total. The van der Waals surface area contributed by atoms with Crippen LogP contribution in [-0.2, 0) is 18.8 Å². The van der Waals surface area contributed by atoms with Crippen molar-refractivity contribution in [2.24, 2.45) is 5.92 Å². The number of nitrogens with two attached hydrogens (primary N) is 1. The molecule has 0 saturated carbocycles. The van der Waals surface area contributed by atoms with Crippen LogP contribution in [0.15, 0.2) is 30.6 Å². The first kappa shape index (κ1) is 29.2. The topological polar surface area (TPSA) is 145 Å². The van der Waals surface area contributed by atoms with Crippen molar-refractivity contribution < 1.29 is 28.1 Å². The van der Waals surface area contributed by atoms with Gasteiger partial charge in [-0.2, -0.15) is 9.97 Å². The van der Waals surface area contributed by atoms with Crippen LogP contribution >= 0.6 is 20.1 Å². The van der Waals surface area contributed by atoms with Crippen LogP contribution in [0.2, 0.25) is 5.02 Å². The Morgan fingerprint density at radius 1 is 1.31 bits per heavy atom. The molecular weight excluding hydrogens is 547 g/mol. The highest BCUT2D eigenvalue weighted by atomic mass is 35.5. The Bertz CT molecular complexity index is 1250. The molecule has 1 aliphatic rings. The molecule has 0 radical (unpaired) electrons. The van der Waals surface area contributed by atoms with Crippen LogP contribution in [-0.4, -0.2) is 51.0 Å². The second-order valence-corrected chi connectivity index (χ2v) is 10.7. The molecule has 39 heavy (non-hydrogen) atoms. The van der Waals surface area contributed by atoms with Crippen molar-refractivity contribution in [1.29, 1.82) is 0 Å². The molecule has 5 atom stereocenters. The van der Waals surface area contributed by atoms with E-state index in [2.05, 4.69) is 20.0 Å². The van der Waals surface area contributed by atoms with Crippen molar-refractivity contribution in [1.82, 2.24) is 24.6 Å². The number of aromatic nitrogens is 4. The van der Waals surface area contributed by atoms with E-state index >= 15 is 0 Å². The lowest BCUT2D eigenvalue weighted by Crippen LogP contribution is -2.34. The van der Waals surface area contributed by atoms with Crippen LogP contribution in [0.25, 0.3) is 11.2 Å². The van der Waals surface area contributed by atoms with E-state index in [4.69, 9.17) is 40.6 Å². The number of ether oxygens (including phenoxy) is 3. The fourth-order valence-electron chi connectivity index (χ4n) is 3.93. The molecule has 0 bridgehead atoms.